The van der Waals surface area contributed by atoms with Crippen molar-refractivity contribution in [3.8, 4) is 5.75 Å². The fourth-order valence-electron chi connectivity index (χ4n) is 3.36. The zero-order valence-electron chi connectivity index (χ0n) is 16.6. The number of ether oxygens (including phenoxy) is 2. The van der Waals surface area contributed by atoms with Gasteiger partial charge < -0.3 is 14.8 Å². The zero-order chi connectivity index (χ0) is 19.6. The molecule has 1 heterocycles. The second kappa shape index (κ2) is 10.8. The molecule has 1 fully saturated rings. The minimum atomic E-state index is -0.00973. The minimum absolute atomic E-state index is 0.00973. The Morgan fingerprint density at radius 2 is 1.93 bits per heavy atom. The summed E-state index contributed by atoms with van der Waals surface area (Å²) in [6.07, 6.45) is 1.15. The topological polar surface area (TPSA) is 50.8 Å². The second-order valence-corrected chi connectivity index (χ2v) is 7.21. The Balaban J connectivity index is 1.47. The molecule has 3 rings (SSSR count). The maximum Gasteiger partial charge on any atom is 0.220 e. The molecule has 1 aliphatic rings. The van der Waals surface area contributed by atoms with E-state index in [0.717, 1.165) is 44.2 Å². The van der Waals surface area contributed by atoms with Crippen LogP contribution in [0.25, 0.3) is 0 Å². The van der Waals surface area contributed by atoms with Gasteiger partial charge in [0.05, 0.1) is 25.9 Å². The molecule has 1 amide bonds. The molecule has 2 aromatic carbocycles. The highest BCUT2D eigenvalue weighted by atomic mass is 16.5. The van der Waals surface area contributed by atoms with E-state index in [1.54, 1.807) is 0 Å². The van der Waals surface area contributed by atoms with Crippen LogP contribution in [0.5, 0.6) is 5.75 Å². The largest absolute Gasteiger partial charge is 0.494 e. The first kappa shape index (κ1) is 20.4. The molecule has 5 nitrogen and oxygen atoms in total. The van der Waals surface area contributed by atoms with Gasteiger partial charge in [0.1, 0.15) is 5.75 Å². The van der Waals surface area contributed by atoms with Crippen LogP contribution in [-0.2, 0) is 9.53 Å². The molecule has 0 aromatic heterocycles. The molecule has 0 spiro atoms. The molecule has 2 aromatic rings. The van der Waals surface area contributed by atoms with Crippen molar-refractivity contribution in [2.75, 3.05) is 39.5 Å². The number of amides is 1. The van der Waals surface area contributed by atoms with Crippen LogP contribution >= 0.6 is 0 Å². The monoisotopic (exact) mass is 382 g/mol. The van der Waals surface area contributed by atoms with E-state index in [4.69, 9.17) is 9.47 Å². The van der Waals surface area contributed by atoms with Gasteiger partial charge in [0.25, 0.3) is 0 Å². The number of rotatable bonds is 9. The van der Waals surface area contributed by atoms with Gasteiger partial charge in [0.15, 0.2) is 0 Å². The molecule has 1 N–H and O–H groups in total. The number of hydrogen-bond donors (Lipinski definition) is 1. The Morgan fingerprint density at radius 1 is 1.14 bits per heavy atom. The van der Waals surface area contributed by atoms with Crippen LogP contribution in [0.3, 0.4) is 0 Å². The van der Waals surface area contributed by atoms with Gasteiger partial charge in [-0.05, 0) is 36.6 Å². The van der Waals surface area contributed by atoms with Crippen LogP contribution in [0.1, 0.15) is 30.0 Å². The van der Waals surface area contributed by atoms with Gasteiger partial charge in [-0.25, -0.2) is 0 Å². The van der Waals surface area contributed by atoms with Crippen molar-refractivity contribution in [1.29, 1.82) is 0 Å². The number of nitrogens with one attached hydrogen (secondary N) is 1. The van der Waals surface area contributed by atoms with E-state index in [-0.39, 0.29) is 11.9 Å². The predicted molar refractivity (Wildman–Crippen MR) is 110 cm³/mol. The maximum atomic E-state index is 12.5. The molecule has 1 saturated heterocycles. The number of morpholine rings is 1. The van der Waals surface area contributed by atoms with Crippen molar-refractivity contribution in [3.63, 3.8) is 0 Å². The van der Waals surface area contributed by atoms with Crippen LogP contribution in [0.15, 0.2) is 54.6 Å². The van der Waals surface area contributed by atoms with E-state index in [9.17, 15) is 4.79 Å². The van der Waals surface area contributed by atoms with Gasteiger partial charge in [-0.2, -0.15) is 0 Å². The highest BCUT2D eigenvalue weighted by Crippen LogP contribution is 2.16. The lowest BCUT2D eigenvalue weighted by Crippen LogP contribution is -2.43. The van der Waals surface area contributed by atoms with E-state index in [2.05, 4.69) is 22.3 Å². The molecular formula is C23H30N2O3. The van der Waals surface area contributed by atoms with Gasteiger partial charge >= 0.3 is 0 Å². The van der Waals surface area contributed by atoms with Crippen LogP contribution in [0.4, 0.5) is 0 Å². The number of aryl methyl sites for hydroxylation is 1. The van der Waals surface area contributed by atoms with Crippen molar-refractivity contribution in [2.45, 2.75) is 25.8 Å². The van der Waals surface area contributed by atoms with Gasteiger partial charge in [-0.1, -0.05) is 42.5 Å². The first-order chi connectivity index (χ1) is 13.7. The third-order valence-corrected chi connectivity index (χ3v) is 4.89. The summed E-state index contributed by atoms with van der Waals surface area (Å²) in [4.78, 5) is 14.9. The Labute approximate surface area is 167 Å². The summed E-state index contributed by atoms with van der Waals surface area (Å²) in [5, 5.41) is 3.21. The molecule has 1 unspecified atom stereocenters. The van der Waals surface area contributed by atoms with Crippen LogP contribution in [0, 0.1) is 6.92 Å². The molecule has 0 bridgehead atoms. The smallest absolute Gasteiger partial charge is 0.220 e. The van der Waals surface area contributed by atoms with Crippen LogP contribution < -0.4 is 10.1 Å². The van der Waals surface area contributed by atoms with Crippen molar-refractivity contribution < 1.29 is 14.3 Å². The number of nitrogens with zero attached hydrogens (tertiary/aromatic N) is 1. The highest BCUT2D eigenvalue weighted by Gasteiger charge is 2.19. The van der Waals surface area contributed by atoms with E-state index < -0.39 is 0 Å². The normalized spacial score (nSPS) is 15.8. The minimum Gasteiger partial charge on any atom is -0.494 e. The first-order valence-corrected chi connectivity index (χ1v) is 10.0. The molecule has 0 radical (unpaired) electrons. The predicted octanol–water partition coefficient (Wildman–Crippen LogP) is 3.34. The summed E-state index contributed by atoms with van der Waals surface area (Å²) in [6.45, 7) is 6.71. The summed E-state index contributed by atoms with van der Waals surface area (Å²) in [6, 6.07) is 18.1. The first-order valence-electron chi connectivity index (χ1n) is 10.0. The summed E-state index contributed by atoms with van der Waals surface area (Å²) in [7, 11) is 0. The summed E-state index contributed by atoms with van der Waals surface area (Å²) < 4.78 is 11.2. The van der Waals surface area contributed by atoms with Crippen LogP contribution in [0.2, 0.25) is 0 Å². The molecule has 1 aliphatic heterocycles. The molecule has 28 heavy (non-hydrogen) atoms. The molecule has 0 aliphatic carbocycles. The van der Waals surface area contributed by atoms with Crippen molar-refractivity contribution in [2.24, 2.45) is 0 Å². The molecule has 1 atom stereocenters. The number of carbonyl (C=O) groups excluding carboxylic acids is 1. The van der Waals surface area contributed by atoms with E-state index in [0.29, 0.717) is 19.4 Å². The Hall–Kier alpha value is -2.37. The fraction of sp³-hybridized carbons (Fsp3) is 0.435. The number of carbonyl (C=O) groups is 1. The Kier molecular flexibility index (Phi) is 7.88. The molecule has 5 heteroatoms. The molecular weight excluding hydrogens is 352 g/mol. The lowest BCUT2D eigenvalue weighted by Gasteiger charge is -2.31. The number of hydrogen-bond acceptors (Lipinski definition) is 4. The highest BCUT2D eigenvalue weighted by molar-refractivity contribution is 5.76. The van der Waals surface area contributed by atoms with Crippen LogP contribution in [-0.4, -0.2) is 50.3 Å². The fourth-order valence-corrected chi connectivity index (χ4v) is 3.36. The molecule has 0 saturated carbocycles. The van der Waals surface area contributed by atoms with Gasteiger partial charge in [-0.15, -0.1) is 0 Å². The average Bonchev–Trinajstić information content (AvgIpc) is 2.72. The Bertz CT molecular complexity index is 730. The quantitative estimate of drug-likeness (QED) is 0.676. The average molecular weight is 383 g/mol. The Morgan fingerprint density at radius 3 is 2.68 bits per heavy atom. The SMILES string of the molecule is Cc1cccc(OCCCC(=O)NC(CN2CCOCC2)c2ccccc2)c1. The van der Waals surface area contributed by atoms with Crippen molar-refractivity contribution in [1.82, 2.24) is 10.2 Å². The van der Waals surface area contributed by atoms with Gasteiger partial charge in [0.2, 0.25) is 5.91 Å². The third kappa shape index (κ3) is 6.66. The lowest BCUT2D eigenvalue weighted by atomic mass is 10.1. The van der Waals surface area contributed by atoms with E-state index in [1.807, 2.05) is 49.4 Å². The summed E-state index contributed by atoms with van der Waals surface area (Å²) in [5.74, 6) is 0.921. The van der Waals surface area contributed by atoms with Gasteiger partial charge in [0, 0.05) is 26.1 Å². The van der Waals surface area contributed by atoms with E-state index in [1.165, 1.54) is 5.56 Å². The maximum absolute atomic E-state index is 12.5. The molecule has 150 valence electrons. The number of benzene rings is 2. The summed E-state index contributed by atoms with van der Waals surface area (Å²) >= 11 is 0. The second-order valence-electron chi connectivity index (χ2n) is 7.21. The van der Waals surface area contributed by atoms with Crippen molar-refractivity contribution in [3.05, 3.63) is 65.7 Å². The van der Waals surface area contributed by atoms with Gasteiger partial charge in [-0.3, -0.25) is 9.69 Å². The lowest BCUT2D eigenvalue weighted by molar-refractivity contribution is -0.122. The third-order valence-electron chi connectivity index (χ3n) is 4.89. The standard InChI is InChI=1S/C23H30N2O3/c1-19-7-5-10-21(17-19)28-14-6-11-23(26)24-22(20-8-3-2-4-9-20)18-25-12-15-27-16-13-25/h2-5,7-10,17,22H,6,11-16,18H2,1H3,(H,24,26). The zero-order valence-corrected chi connectivity index (χ0v) is 16.6. The summed E-state index contributed by atoms with van der Waals surface area (Å²) in [5.41, 5.74) is 2.31. The van der Waals surface area contributed by atoms with Crippen molar-refractivity contribution >= 4 is 5.91 Å². The van der Waals surface area contributed by atoms with E-state index >= 15 is 0 Å².